The van der Waals surface area contributed by atoms with E-state index in [0.29, 0.717) is 12.2 Å². The number of aryl methyl sites for hydroxylation is 1. The van der Waals surface area contributed by atoms with E-state index < -0.39 is 29.0 Å². The first-order valence-corrected chi connectivity index (χ1v) is 14.1. The lowest BCUT2D eigenvalue weighted by Crippen LogP contribution is -2.50. The molecule has 2 fully saturated rings. The number of carbonyl (C=O) groups excluding carboxylic acids is 2. The van der Waals surface area contributed by atoms with Gasteiger partial charge in [-0.05, 0) is 36.3 Å². The number of nitrogens with one attached hydrogen (secondary N) is 1. The van der Waals surface area contributed by atoms with Crippen molar-refractivity contribution in [2.45, 2.75) is 77.1 Å². The Morgan fingerprint density at radius 3 is 2.59 bits per heavy atom. The van der Waals surface area contributed by atoms with E-state index in [0.717, 1.165) is 34.5 Å². The number of aliphatic hydroxyl groups is 1. The fourth-order valence-electron chi connectivity index (χ4n) is 5.22. The van der Waals surface area contributed by atoms with Crippen molar-refractivity contribution >= 4 is 23.2 Å². The van der Waals surface area contributed by atoms with Crippen LogP contribution in [-0.2, 0) is 21.5 Å². The summed E-state index contributed by atoms with van der Waals surface area (Å²) in [5.41, 5.74) is 4.61. The number of hydrogen-bond acceptors (Lipinski definition) is 7. The Kier molecular flexibility index (Phi) is 7.08. The first-order valence-electron chi connectivity index (χ1n) is 13.2. The molecular weight excluding hydrogens is 512 g/mol. The smallest absolute Gasteiger partial charge is 0.248 e. The zero-order valence-corrected chi connectivity index (χ0v) is 23.5. The van der Waals surface area contributed by atoms with Crippen molar-refractivity contribution in [1.29, 1.82) is 0 Å². The maximum atomic E-state index is 14.0. The van der Waals surface area contributed by atoms with Gasteiger partial charge in [-0.2, -0.15) is 0 Å². The average Bonchev–Trinajstić information content (AvgIpc) is 3.18. The van der Waals surface area contributed by atoms with Crippen LogP contribution in [0, 0.1) is 24.7 Å². The maximum absolute atomic E-state index is 14.0. The molecule has 2 aromatic heterocycles. The molecule has 1 saturated heterocycles. The zero-order chi connectivity index (χ0) is 27.9. The summed E-state index contributed by atoms with van der Waals surface area (Å²) in [7, 11) is 0. The zero-order valence-electron chi connectivity index (χ0n) is 22.7. The first kappa shape index (κ1) is 27.0. The topological polar surface area (TPSA) is 113 Å². The molecule has 10 heteroatoms. The number of hydrogen-bond donors (Lipinski definition) is 2. The lowest BCUT2D eigenvalue weighted by Gasteiger charge is -2.34. The van der Waals surface area contributed by atoms with Crippen LogP contribution in [0.25, 0.3) is 10.4 Å². The standard InChI is InChI=1S/C29H34N6O3S/c1-6-29(11-12-29)23-16-35(33-32-23)25(28(3,4)5)27(38)34-15-21(36)13-22(34)26(37)30-14-19-7-9-20(10-8-19)24-18(2)31-17-39-24/h1,7-10,16-17,21-22,25,36H,11-15H2,2-5H3,(H,30,37)/t21-,22+,25-/m1/s1. The number of terminal acetylenes is 1. The lowest BCUT2D eigenvalue weighted by atomic mass is 9.85. The molecule has 1 saturated carbocycles. The van der Waals surface area contributed by atoms with Gasteiger partial charge in [0.1, 0.15) is 17.8 Å². The van der Waals surface area contributed by atoms with E-state index in [1.54, 1.807) is 22.2 Å². The first-order chi connectivity index (χ1) is 18.5. The highest BCUT2D eigenvalue weighted by Crippen LogP contribution is 2.47. The summed E-state index contributed by atoms with van der Waals surface area (Å²) in [5.74, 6) is 2.25. The molecule has 39 heavy (non-hydrogen) atoms. The van der Waals surface area contributed by atoms with Crippen LogP contribution in [0.15, 0.2) is 36.0 Å². The Bertz CT molecular complexity index is 1410. The number of benzene rings is 1. The third-order valence-electron chi connectivity index (χ3n) is 7.64. The minimum absolute atomic E-state index is 0.0856. The molecule has 3 atom stereocenters. The number of aromatic nitrogens is 4. The van der Waals surface area contributed by atoms with Crippen LogP contribution in [0.3, 0.4) is 0 Å². The quantitative estimate of drug-likeness (QED) is 0.440. The minimum Gasteiger partial charge on any atom is -0.391 e. The molecule has 5 rings (SSSR count). The summed E-state index contributed by atoms with van der Waals surface area (Å²) >= 11 is 1.59. The van der Waals surface area contributed by atoms with E-state index in [1.807, 2.05) is 57.5 Å². The summed E-state index contributed by atoms with van der Waals surface area (Å²) < 4.78 is 1.57. The largest absolute Gasteiger partial charge is 0.391 e. The lowest BCUT2D eigenvalue weighted by molar-refractivity contribution is -0.144. The highest BCUT2D eigenvalue weighted by atomic mass is 32.1. The van der Waals surface area contributed by atoms with Crippen LogP contribution >= 0.6 is 11.3 Å². The molecule has 2 aliphatic rings. The van der Waals surface area contributed by atoms with E-state index in [-0.39, 0.29) is 24.8 Å². The van der Waals surface area contributed by atoms with E-state index in [2.05, 4.69) is 26.5 Å². The van der Waals surface area contributed by atoms with Gasteiger partial charge in [0.15, 0.2) is 0 Å². The fourth-order valence-corrected chi connectivity index (χ4v) is 6.04. The minimum atomic E-state index is -0.783. The Morgan fingerprint density at radius 2 is 2.00 bits per heavy atom. The van der Waals surface area contributed by atoms with Gasteiger partial charge in [-0.25, -0.2) is 9.67 Å². The van der Waals surface area contributed by atoms with Gasteiger partial charge in [0.05, 0.1) is 33.8 Å². The Morgan fingerprint density at radius 1 is 1.28 bits per heavy atom. The molecule has 0 spiro atoms. The average molecular weight is 547 g/mol. The van der Waals surface area contributed by atoms with Gasteiger partial charge in [0, 0.05) is 19.5 Å². The summed E-state index contributed by atoms with van der Waals surface area (Å²) in [6.45, 7) is 8.23. The van der Waals surface area contributed by atoms with Gasteiger partial charge in [-0.15, -0.1) is 22.9 Å². The molecule has 2 amide bonds. The molecule has 204 valence electrons. The van der Waals surface area contributed by atoms with Crippen molar-refractivity contribution in [3.05, 3.63) is 52.9 Å². The second-order valence-corrected chi connectivity index (χ2v) is 12.5. The van der Waals surface area contributed by atoms with Crippen LogP contribution in [0.1, 0.15) is 63.0 Å². The van der Waals surface area contributed by atoms with E-state index in [9.17, 15) is 14.7 Å². The second kappa shape index (κ2) is 10.2. The van der Waals surface area contributed by atoms with Crippen molar-refractivity contribution < 1.29 is 14.7 Å². The Hall–Kier alpha value is -3.55. The number of rotatable bonds is 7. The van der Waals surface area contributed by atoms with Crippen LogP contribution in [0.2, 0.25) is 0 Å². The third kappa shape index (κ3) is 5.34. The molecular formula is C29H34N6O3S. The number of carbonyl (C=O) groups is 2. The molecule has 0 bridgehead atoms. The van der Waals surface area contributed by atoms with Gasteiger partial charge >= 0.3 is 0 Å². The van der Waals surface area contributed by atoms with E-state index >= 15 is 0 Å². The monoisotopic (exact) mass is 546 g/mol. The molecule has 1 aliphatic heterocycles. The van der Waals surface area contributed by atoms with Gasteiger partial charge in [0.25, 0.3) is 0 Å². The van der Waals surface area contributed by atoms with Crippen LogP contribution < -0.4 is 5.32 Å². The molecule has 3 aromatic rings. The third-order valence-corrected chi connectivity index (χ3v) is 8.62. The maximum Gasteiger partial charge on any atom is 0.248 e. The normalized spacial score (nSPS) is 20.9. The van der Waals surface area contributed by atoms with Gasteiger partial charge in [-0.3, -0.25) is 9.59 Å². The predicted octanol–water partition coefficient (Wildman–Crippen LogP) is 3.24. The molecule has 9 nitrogen and oxygen atoms in total. The van der Waals surface area contributed by atoms with Gasteiger partial charge in [0.2, 0.25) is 11.8 Å². The van der Waals surface area contributed by atoms with Crippen molar-refractivity contribution in [2.24, 2.45) is 5.41 Å². The molecule has 1 aliphatic carbocycles. The van der Waals surface area contributed by atoms with Crippen LogP contribution in [-0.4, -0.2) is 60.5 Å². The molecule has 2 N–H and O–H groups in total. The molecule has 0 radical (unpaired) electrons. The molecule has 3 heterocycles. The van der Waals surface area contributed by atoms with Crippen molar-refractivity contribution in [1.82, 2.24) is 30.2 Å². The van der Waals surface area contributed by atoms with Crippen molar-refractivity contribution in [3.8, 4) is 22.8 Å². The Balaban J connectivity index is 1.29. The number of β-amino-alcohol motifs (C(OH)–C–C–N with tert-alkyl or cyclic N) is 1. The number of likely N-dealkylation sites (tertiary alicyclic amines) is 1. The number of aliphatic hydroxyl groups excluding tert-OH is 1. The van der Waals surface area contributed by atoms with Crippen molar-refractivity contribution in [2.75, 3.05) is 6.54 Å². The molecule has 0 unspecified atom stereocenters. The SMILES string of the molecule is C#CC1(c2cn([C@H](C(=O)N3C[C@H](O)C[C@H]3C(=O)NCc3ccc(-c4scnc4C)cc3)C(C)(C)C)nn2)CC1. The van der Waals surface area contributed by atoms with Gasteiger partial charge in [-0.1, -0.05) is 56.2 Å². The highest BCUT2D eigenvalue weighted by molar-refractivity contribution is 7.13. The summed E-state index contributed by atoms with van der Waals surface area (Å²) in [6.07, 6.45) is 8.59. The fraction of sp³-hybridized carbons (Fsp3) is 0.483. The summed E-state index contributed by atoms with van der Waals surface area (Å²) in [6, 6.07) is 6.49. The molecule has 1 aromatic carbocycles. The number of thiazole rings is 1. The Labute approximate surface area is 232 Å². The highest BCUT2D eigenvalue weighted by Gasteiger charge is 2.48. The number of nitrogens with zero attached hydrogens (tertiary/aromatic N) is 5. The number of amides is 2. The summed E-state index contributed by atoms with van der Waals surface area (Å²) in [4.78, 5) is 34.2. The van der Waals surface area contributed by atoms with E-state index in [4.69, 9.17) is 6.42 Å². The van der Waals surface area contributed by atoms with Crippen LogP contribution in [0.4, 0.5) is 0 Å². The van der Waals surface area contributed by atoms with E-state index in [1.165, 1.54) is 4.90 Å². The van der Waals surface area contributed by atoms with Crippen molar-refractivity contribution in [3.63, 3.8) is 0 Å². The van der Waals surface area contributed by atoms with Gasteiger partial charge < -0.3 is 15.3 Å². The predicted molar refractivity (Wildman–Crippen MR) is 149 cm³/mol. The van der Waals surface area contributed by atoms with Crippen LogP contribution in [0.5, 0.6) is 0 Å². The summed E-state index contributed by atoms with van der Waals surface area (Å²) in [5, 5.41) is 22.0. The second-order valence-electron chi connectivity index (χ2n) is 11.7.